The molecular weight excluding hydrogens is 325 g/mol. The van der Waals surface area contributed by atoms with Gasteiger partial charge in [0.1, 0.15) is 5.82 Å². The SMILES string of the molecule is CC(Cc1ccc(F)cc1)NCCc1ccc(Br)s1. The number of rotatable bonds is 6. The number of hydrogen-bond donors (Lipinski definition) is 1. The molecule has 4 heteroatoms. The van der Waals surface area contributed by atoms with E-state index in [1.807, 2.05) is 12.1 Å². The Balaban J connectivity index is 1.72. The smallest absolute Gasteiger partial charge is 0.123 e. The maximum Gasteiger partial charge on any atom is 0.123 e. The van der Waals surface area contributed by atoms with Crippen LogP contribution in [-0.2, 0) is 12.8 Å². The highest BCUT2D eigenvalue weighted by Crippen LogP contribution is 2.22. The Morgan fingerprint density at radius 2 is 1.95 bits per heavy atom. The minimum atomic E-state index is -0.173. The van der Waals surface area contributed by atoms with Crippen molar-refractivity contribution in [1.82, 2.24) is 5.32 Å². The van der Waals surface area contributed by atoms with Crippen molar-refractivity contribution >= 4 is 27.3 Å². The average molecular weight is 342 g/mol. The summed E-state index contributed by atoms with van der Waals surface area (Å²) >= 11 is 5.25. The number of benzene rings is 1. The molecule has 0 amide bonds. The van der Waals surface area contributed by atoms with Crippen molar-refractivity contribution in [3.05, 3.63) is 56.4 Å². The molecule has 0 bridgehead atoms. The summed E-state index contributed by atoms with van der Waals surface area (Å²) in [6, 6.07) is 11.4. The number of hydrogen-bond acceptors (Lipinski definition) is 2. The first kappa shape index (κ1) is 14.7. The fourth-order valence-electron chi connectivity index (χ4n) is 1.97. The van der Waals surface area contributed by atoms with Crippen LogP contribution in [0.25, 0.3) is 0 Å². The summed E-state index contributed by atoms with van der Waals surface area (Å²) < 4.78 is 14.0. The Bertz CT molecular complexity index is 509. The van der Waals surface area contributed by atoms with Crippen LogP contribution in [0.1, 0.15) is 17.4 Å². The molecule has 0 saturated carbocycles. The highest BCUT2D eigenvalue weighted by atomic mass is 79.9. The summed E-state index contributed by atoms with van der Waals surface area (Å²) in [6.45, 7) is 3.13. The van der Waals surface area contributed by atoms with Gasteiger partial charge < -0.3 is 5.32 Å². The van der Waals surface area contributed by atoms with Crippen molar-refractivity contribution < 1.29 is 4.39 Å². The summed E-state index contributed by atoms with van der Waals surface area (Å²) in [6.07, 6.45) is 1.97. The second-order valence-electron chi connectivity index (χ2n) is 4.64. The lowest BCUT2D eigenvalue weighted by molar-refractivity contribution is 0.549. The lowest BCUT2D eigenvalue weighted by Gasteiger charge is -2.13. The zero-order chi connectivity index (χ0) is 13.7. The molecule has 0 fully saturated rings. The van der Waals surface area contributed by atoms with E-state index in [1.54, 1.807) is 11.3 Å². The topological polar surface area (TPSA) is 12.0 Å². The van der Waals surface area contributed by atoms with E-state index in [4.69, 9.17) is 0 Å². The average Bonchev–Trinajstić information content (AvgIpc) is 2.78. The second-order valence-corrected chi connectivity index (χ2v) is 7.19. The Morgan fingerprint density at radius 1 is 1.21 bits per heavy atom. The molecule has 1 aromatic heterocycles. The van der Waals surface area contributed by atoms with Crippen molar-refractivity contribution in [2.75, 3.05) is 6.54 Å². The molecule has 0 saturated heterocycles. The molecule has 2 aromatic rings. The molecule has 1 aromatic carbocycles. The predicted octanol–water partition coefficient (Wildman–Crippen LogP) is 4.41. The molecule has 1 heterocycles. The van der Waals surface area contributed by atoms with Gasteiger partial charge in [0, 0.05) is 17.5 Å². The fourth-order valence-corrected chi connectivity index (χ4v) is 3.46. The van der Waals surface area contributed by atoms with Gasteiger partial charge in [-0.2, -0.15) is 0 Å². The second kappa shape index (κ2) is 7.17. The number of thiophene rings is 1. The van der Waals surface area contributed by atoms with Gasteiger partial charge in [0.05, 0.1) is 3.79 Å². The minimum Gasteiger partial charge on any atom is -0.314 e. The quantitative estimate of drug-likeness (QED) is 0.820. The predicted molar refractivity (Wildman–Crippen MR) is 83.3 cm³/mol. The van der Waals surface area contributed by atoms with Crippen molar-refractivity contribution in [3.8, 4) is 0 Å². The van der Waals surface area contributed by atoms with Gasteiger partial charge in [-0.15, -0.1) is 11.3 Å². The van der Waals surface area contributed by atoms with Gasteiger partial charge in [-0.3, -0.25) is 0 Å². The van der Waals surface area contributed by atoms with Gasteiger partial charge in [0.2, 0.25) is 0 Å². The number of nitrogens with one attached hydrogen (secondary N) is 1. The van der Waals surface area contributed by atoms with Gasteiger partial charge in [0.15, 0.2) is 0 Å². The lowest BCUT2D eigenvalue weighted by Crippen LogP contribution is -2.29. The summed E-state index contributed by atoms with van der Waals surface area (Å²) in [5.41, 5.74) is 1.17. The van der Waals surface area contributed by atoms with Crippen LogP contribution in [0, 0.1) is 5.82 Å². The van der Waals surface area contributed by atoms with E-state index < -0.39 is 0 Å². The lowest BCUT2D eigenvalue weighted by atomic mass is 10.1. The minimum absolute atomic E-state index is 0.173. The first-order valence-electron chi connectivity index (χ1n) is 6.35. The van der Waals surface area contributed by atoms with Crippen molar-refractivity contribution in [3.63, 3.8) is 0 Å². The van der Waals surface area contributed by atoms with Gasteiger partial charge in [-0.1, -0.05) is 12.1 Å². The molecule has 0 aliphatic carbocycles. The highest BCUT2D eigenvalue weighted by molar-refractivity contribution is 9.11. The third-order valence-electron chi connectivity index (χ3n) is 2.95. The molecule has 1 nitrogen and oxygen atoms in total. The zero-order valence-electron chi connectivity index (χ0n) is 10.8. The molecule has 0 radical (unpaired) electrons. The van der Waals surface area contributed by atoms with Crippen LogP contribution >= 0.6 is 27.3 Å². The van der Waals surface area contributed by atoms with Gasteiger partial charge in [-0.25, -0.2) is 4.39 Å². The van der Waals surface area contributed by atoms with Crippen LogP contribution in [0.5, 0.6) is 0 Å². The van der Waals surface area contributed by atoms with E-state index in [0.717, 1.165) is 19.4 Å². The molecule has 19 heavy (non-hydrogen) atoms. The summed E-state index contributed by atoms with van der Waals surface area (Å²) in [5.74, 6) is -0.173. The van der Waals surface area contributed by atoms with Crippen molar-refractivity contribution in [1.29, 1.82) is 0 Å². The number of halogens is 2. The Morgan fingerprint density at radius 3 is 2.58 bits per heavy atom. The zero-order valence-corrected chi connectivity index (χ0v) is 13.2. The van der Waals surface area contributed by atoms with E-state index in [-0.39, 0.29) is 5.82 Å². The maximum absolute atomic E-state index is 12.8. The molecule has 1 N–H and O–H groups in total. The summed E-state index contributed by atoms with van der Waals surface area (Å²) in [7, 11) is 0. The van der Waals surface area contributed by atoms with E-state index in [0.29, 0.717) is 6.04 Å². The third kappa shape index (κ3) is 5.05. The molecule has 2 rings (SSSR count). The largest absolute Gasteiger partial charge is 0.314 e. The van der Waals surface area contributed by atoms with Crippen LogP contribution in [0.2, 0.25) is 0 Å². The third-order valence-corrected chi connectivity index (χ3v) is 4.63. The summed E-state index contributed by atoms with van der Waals surface area (Å²) in [5, 5.41) is 3.50. The van der Waals surface area contributed by atoms with Gasteiger partial charge >= 0.3 is 0 Å². The molecule has 0 spiro atoms. The first-order chi connectivity index (χ1) is 9.13. The normalized spacial score (nSPS) is 12.6. The maximum atomic E-state index is 12.8. The van der Waals surface area contributed by atoms with Crippen LogP contribution in [0.4, 0.5) is 4.39 Å². The van der Waals surface area contributed by atoms with Crippen LogP contribution < -0.4 is 5.32 Å². The Labute approximate surface area is 126 Å². The van der Waals surface area contributed by atoms with Gasteiger partial charge in [0.25, 0.3) is 0 Å². The Kier molecular flexibility index (Phi) is 5.55. The van der Waals surface area contributed by atoms with E-state index in [2.05, 4.69) is 40.3 Å². The van der Waals surface area contributed by atoms with Gasteiger partial charge in [-0.05, 0) is 65.5 Å². The fraction of sp³-hybridized carbons (Fsp3) is 0.333. The Hall–Kier alpha value is -0.710. The van der Waals surface area contributed by atoms with Crippen LogP contribution in [0.15, 0.2) is 40.2 Å². The van der Waals surface area contributed by atoms with Crippen molar-refractivity contribution in [2.24, 2.45) is 0 Å². The molecule has 0 aliphatic heterocycles. The highest BCUT2D eigenvalue weighted by Gasteiger charge is 2.04. The van der Waals surface area contributed by atoms with E-state index in [9.17, 15) is 4.39 Å². The van der Waals surface area contributed by atoms with Crippen LogP contribution in [0.3, 0.4) is 0 Å². The van der Waals surface area contributed by atoms with E-state index in [1.165, 1.54) is 26.4 Å². The molecular formula is C15H17BrFNS. The van der Waals surface area contributed by atoms with Crippen LogP contribution in [-0.4, -0.2) is 12.6 Å². The van der Waals surface area contributed by atoms with E-state index >= 15 is 0 Å². The molecule has 0 aliphatic rings. The monoisotopic (exact) mass is 341 g/mol. The summed E-state index contributed by atoms with van der Waals surface area (Å²) in [4.78, 5) is 1.38. The standard InChI is InChI=1S/C15H17BrFNS/c1-11(10-12-2-4-13(17)5-3-12)18-9-8-14-6-7-15(16)19-14/h2-7,11,18H,8-10H2,1H3. The molecule has 1 atom stereocenters. The molecule has 102 valence electrons. The molecule has 1 unspecified atom stereocenters. The van der Waals surface area contributed by atoms with Crippen molar-refractivity contribution in [2.45, 2.75) is 25.8 Å². The first-order valence-corrected chi connectivity index (χ1v) is 7.96.